The summed E-state index contributed by atoms with van der Waals surface area (Å²) in [6.07, 6.45) is -0.193. The predicted molar refractivity (Wildman–Crippen MR) is 62.2 cm³/mol. The zero-order valence-corrected chi connectivity index (χ0v) is 11.2. The molecule has 4 nitrogen and oxygen atoms in total. The van der Waals surface area contributed by atoms with E-state index in [9.17, 15) is 9.59 Å². The van der Waals surface area contributed by atoms with Crippen molar-refractivity contribution < 1.29 is 14.3 Å². The zero-order chi connectivity index (χ0) is 12.1. The highest BCUT2D eigenvalue weighted by molar-refractivity contribution is 9.09. The fourth-order valence-electron chi connectivity index (χ4n) is 1.06. The van der Waals surface area contributed by atoms with Crippen LogP contribution < -0.4 is 5.32 Å². The molecule has 1 atom stereocenters. The van der Waals surface area contributed by atoms with Gasteiger partial charge in [0.1, 0.15) is 5.78 Å². The van der Waals surface area contributed by atoms with Crippen molar-refractivity contribution in [2.24, 2.45) is 5.41 Å². The lowest BCUT2D eigenvalue weighted by atomic mass is 9.84. The largest absolute Gasteiger partial charge is 0.453 e. The molecule has 5 heteroatoms. The van der Waals surface area contributed by atoms with Gasteiger partial charge in [-0.25, -0.2) is 4.79 Å². The third kappa shape index (κ3) is 5.77. The summed E-state index contributed by atoms with van der Waals surface area (Å²) >= 11 is 3.10. The van der Waals surface area contributed by atoms with Crippen LogP contribution in [0.25, 0.3) is 0 Å². The summed E-state index contributed by atoms with van der Waals surface area (Å²) in [6.45, 7) is 5.90. The molecule has 0 rings (SSSR count). The third-order valence-electron chi connectivity index (χ3n) is 2.10. The molecule has 1 amide bonds. The number of ether oxygens (including phenoxy) is 1. The van der Waals surface area contributed by atoms with Gasteiger partial charge in [-0.05, 0) is 5.41 Å². The van der Waals surface area contributed by atoms with E-state index in [-0.39, 0.29) is 17.2 Å². The molecule has 0 aliphatic rings. The SMILES string of the molecule is COC(=O)NC(CC(=O)CBr)C(C)(C)C. The van der Waals surface area contributed by atoms with Crippen LogP contribution in [0.4, 0.5) is 4.79 Å². The number of carbonyl (C=O) groups excluding carboxylic acids is 2. The Morgan fingerprint density at radius 1 is 1.40 bits per heavy atom. The average Bonchev–Trinajstić information content (AvgIpc) is 2.14. The summed E-state index contributed by atoms with van der Waals surface area (Å²) in [5, 5.41) is 2.98. The van der Waals surface area contributed by atoms with Gasteiger partial charge in [0.25, 0.3) is 0 Å². The first-order valence-corrected chi connectivity index (χ1v) is 5.85. The van der Waals surface area contributed by atoms with Crippen LogP contribution in [0.5, 0.6) is 0 Å². The molecular formula is C10H18BrNO3. The summed E-state index contributed by atoms with van der Waals surface area (Å²) in [6, 6.07) is -0.213. The number of hydrogen-bond donors (Lipinski definition) is 1. The maximum absolute atomic E-state index is 11.3. The lowest BCUT2D eigenvalue weighted by Crippen LogP contribution is -2.45. The van der Waals surface area contributed by atoms with Gasteiger partial charge >= 0.3 is 6.09 Å². The van der Waals surface area contributed by atoms with Crippen LogP contribution >= 0.6 is 15.9 Å². The van der Waals surface area contributed by atoms with Crippen molar-refractivity contribution in [3.8, 4) is 0 Å². The minimum Gasteiger partial charge on any atom is -0.453 e. The molecule has 0 saturated heterocycles. The maximum Gasteiger partial charge on any atom is 0.407 e. The van der Waals surface area contributed by atoms with Crippen LogP contribution in [0, 0.1) is 5.41 Å². The number of alkyl halides is 1. The molecule has 0 aliphatic carbocycles. The number of methoxy groups -OCH3 is 1. The standard InChI is InChI=1S/C10H18BrNO3/c1-10(2,3)8(5-7(13)6-11)12-9(14)15-4/h8H,5-6H2,1-4H3,(H,12,14). The predicted octanol–water partition coefficient (Wildman–Crippen LogP) is 2.11. The number of carbonyl (C=O) groups is 2. The highest BCUT2D eigenvalue weighted by atomic mass is 79.9. The molecular weight excluding hydrogens is 262 g/mol. The summed E-state index contributed by atoms with van der Waals surface area (Å²) in [5.74, 6) is 0.0614. The molecule has 0 spiro atoms. The molecule has 1 N–H and O–H groups in total. The van der Waals surface area contributed by atoms with E-state index in [0.717, 1.165) is 0 Å². The first-order valence-electron chi connectivity index (χ1n) is 4.73. The average molecular weight is 280 g/mol. The molecule has 0 aromatic carbocycles. The van der Waals surface area contributed by atoms with Gasteiger partial charge in [0.15, 0.2) is 0 Å². The van der Waals surface area contributed by atoms with Crippen molar-refractivity contribution in [3.05, 3.63) is 0 Å². The Morgan fingerprint density at radius 2 is 1.93 bits per heavy atom. The Morgan fingerprint density at radius 3 is 2.27 bits per heavy atom. The summed E-state index contributed by atoms with van der Waals surface area (Å²) in [7, 11) is 1.31. The van der Waals surface area contributed by atoms with Crippen molar-refractivity contribution >= 4 is 27.8 Å². The lowest BCUT2D eigenvalue weighted by Gasteiger charge is -2.30. The zero-order valence-electron chi connectivity index (χ0n) is 9.59. The molecule has 0 bridgehead atoms. The van der Waals surface area contributed by atoms with E-state index in [1.165, 1.54) is 7.11 Å². The smallest absolute Gasteiger partial charge is 0.407 e. The van der Waals surface area contributed by atoms with E-state index < -0.39 is 6.09 Å². The molecule has 88 valence electrons. The van der Waals surface area contributed by atoms with E-state index in [1.807, 2.05) is 20.8 Å². The first kappa shape index (κ1) is 14.4. The second-order valence-corrected chi connectivity index (χ2v) is 4.99. The van der Waals surface area contributed by atoms with E-state index in [4.69, 9.17) is 0 Å². The maximum atomic E-state index is 11.3. The fraction of sp³-hybridized carbons (Fsp3) is 0.800. The van der Waals surface area contributed by atoms with E-state index in [2.05, 4.69) is 26.0 Å². The van der Waals surface area contributed by atoms with E-state index in [0.29, 0.717) is 11.8 Å². The number of amides is 1. The van der Waals surface area contributed by atoms with E-state index in [1.54, 1.807) is 0 Å². The summed E-state index contributed by atoms with van der Waals surface area (Å²) in [4.78, 5) is 22.4. The second-order valence-electron chi connectivity index (χ2n) is 4.43. The topological polar surface area (TPSA) is 55.4 Å². The van der Waals surface area contributed by atoms with Gasteiger partial charge in [-0.15, -0.1) is 0 Å². The fourth-order valence-corrected chi connectivity index (χ4v) is 1.29. The number of alkyl carbamates (subject to hydrolysis) is 1. The van der Waals surface area contributed by atoms with Crippen LogP contribution in [0.15, 0.2) is 0 Å². The number of Topliss-reactive ketones (excluding diaryl/α,β-unsaturated/α-hetero) is 1. The monoisotopic (exact) mass is 279 g/mol. The molecule has 0 aromatic heterocycles. The highest BCUT2D eigenvalue weighted by Crippen LogP contribution is 2.22. The van der Waals surface area contributed by atoms with Gasteiger partial charge in [0.2, 0.25) is 0 Å². The van der Waals surface area contributed by atoms with Crippen molar-refractivity contribution in [3.63, 3.8) is 0 Å². The van der Waals surface area contributed by atoms with Crippen molar-refractivity contribution in [2.45, 2.75) is 33.2 Å². The van der Waals surface area contributed by atoms with Crippen LogP contribution in [-0.4, -0.2) is 30.4 Å². The number of ketones is 1. The number of nitrogens with one attached hydrogen (secondary N) is 1. The van der Waals surface area contributed by atoms with Crippen molar-refractivity contribution in [1.29, 1.82) is 0 Å². The Balaban J connectivity index is 4.46. The van der Waals surface area contributed by atoms with Crippen LogP contribution in [-0.2, 0) is 9.53 Å². The quantitative estimate of drug-likeness (QED) is 0.802. The summed E-state index contributed by atoms with van der Waals surface area (Å²) in [5.41, 5.74) is -0.175. The second kappa shape index (κ2) is 6.10. The van der Waals surface area contributed by atoms with Crippen molar-refractivity contribution in [1.82, 2.24) is 5.32 Å². The van der Waals surface area contributed by atoms with E-state index >= 15 is 0 Å². The van der Waals surface area contributed by atoms with Crippen LogP contribution in [0.3, 0.4) is 0 Å². The minimum absolute atomic E-state index is 0.0614. The Hall–Kier alpha value is -0.580. The lowest BCUT2D eigenvalue weighted by molar-refractivity contribution is -0.117. The molecule has 0 fully saturated rings. The summed E-state index contributed by atoms with van der Waals surface area (Å²) < 4.78 is 4.52. The van der Waals surface area contributed by atoms with Gasteiger partial charge < -0.3 is 10.1 Å². The molecule has 1 unspecified atom stereocenters. The number of hydrogen-bond acceptors (Lipinski definition) is 3. The number of halogens is 1. The molecule has 15 heavy (non-hydrogen) atoms. The first-order chi connectivity index (χ1) is 6.81. The Kier molecular flexibility index (Phi) is 5.87. The third-order valence-corrected chi connectivity index (χ3v) is 2.73. The van der Waals surface area contributed by atoms with Crippen LogP contribution in [0.2, 0.25) is 0 Å². The van der Waals surface area contributed by atoms with Gasteiger partial charge in [0, 0.05) is 12.5 Å². The Bertz CT molecular complexity index is 217. The Labute approximate surface area is 98.9 Å². The molecule has 0 saturated carbocycles. The van der Waals surface area contributed by atoms with Crippen LogP contribution in [0.1, 0.15) is 27.2 Å². The van der Waals surface area contributed by atoms with Gasteiger partial charge in [-0.1, -0.05) is 36.7 Å². The van der Waals surface area contributed by atoms with Crippen molar-refractivity contribution in [2.75, 3.05) is 12.4 Å². The molecule has 0 heterocycles. The molecule has 0 aliphatic heterocycles. The van der Waals surface area contributed by atoms with Gasteiger partial charge in [-0.3, -0.25) is 4.79 Å². The molecule has 0 aromatic rings. The molecule has 0 radical (unpaired) electrons. The number of rotatable bonds is 4. The van der Waals surface area contributed by atoms with Gasteiger partial charge in [-0.2, -0.15) is 0 Å². The highest BCUT2D eigenvalue weighted by Gasteiger charge is 2.28. The minimum atomic E-state index is -0.503. The normalized spacial score (nSPS) is 13.1. The van der Waals surface area contributed by atoms with Gasteiger partial charge in [0.05, 0.1) is 12.4 Å².